The van der Waals surface area contributed by atoms with Gasteiger partial charge in [0.25, 0.3) is 0 Å². The van der Waals surface area contributed by atoms with E-state index in [1.807, 2.05) is 19.9 Å². The van der Waals surface area contributed by atoms with Crippen LogP contribution in [0.5, 0.6) is 5.75 Å². The molecule has 0 aromatic heterocycles. The van der Waals surface area contributed by atoms with Crippen LogP contribution in [0, 0.1) is 0 Å². The molecular formula is C15H26O. The van der Waals surface area contributed by atoms with Crippen molar-refractivity contribution in [2.24, 2.45) is 0 Å². The van der Waals surface area contributed by atoms with Gasteiger partial charge in [0, 0.05) is 0 Å². The van der Waals surface area contributed by atoms with Crippen LogP contribution in [0.25, 0.3) is 0 Å². The standard InChI is InChI=1S/C13H20O.C2H6/c1-3-5-6-10-14-13-9-7-8-12(4-2)11-13;1-2/h7-9,11H,3-6,10H2,1-2H3;1-2H3. The van der Waals surface area contributed by atoms with Crippen molar-refractivity contribution in [2.45, 2.75) is 53.4 Å². The lowest BCUT2D eigenvalue weighted by molar-refractivity contribution is 0.306. The van der Waals surface area contributed by atoms with E-state index in [9.17, 15) is 0 Å². The molecule has 0 aliphatic heterocycles. The molecule has 0 bridgehead atoms. The summed E-state index contributed by atoms with van der Waals surface area (Å²) in [6.07, 6.45) is 4.74. The zero-order valence-electron chi connectivity index (χ0n) is 11.3. The molecule has 0 radical (unpaired) electrons. The predicted octanol–water partition coefficient (Wildman–Crippen LogP) is 4.84. The topological polar surface area (TPSA) is 9.23 Å². The minimum absolute atomic E-state index is 0.848. The first-order valence-electron chi connectivity index (χ1n) is 6.58. The minimum atomic E-state index is 0.848. The lowest BCUT2D eigenvalue weighted by atomic mass is 10.2. The molecule has 0 saturated heterocycles. The van der Waals surface area contributed by atoms with Gasteiger partial charge in [-0.15, -0.1) is 0 Å². The molecule has 0 amide bonds. The predicted molar refractivity (Wildman–Crippen MR) is 72.2 cm³/mol. The molecule has 16 heavy (non-hydrogen) atoms. The fraction of sp³-hybridized carbons (Fsp3) is 0.600. The summed E-state index contributed by atoms with van der Waals surface area (Å²) in [5, 5.41) is 0. The highest BCUT2D eigenvalue weighted by Crippen LogP contribution is 2.14. The quantitative estimate of drug-likeness (QED) is 0.625. The molecule has 1 nitrogen and oxygen atoms in total. The first kappa shape index (κ1) is 15.0. The van der Waals surface area contributed by atoms with E-state index in [2.05, 4.69) is 32.0 Å². The summed E-state index contributed by atoms with van der Waals surface area (Å²) >= 11 is 0. The van der Waals surface area contributed by atoms with Crippen molar-refractivity contribution in [3.63, 3.8) is 0 Å². The Morgan fingerprint density at radius 2 is 1.81 bits per heavy atom. The number of unbranched alkanes of at least 4 members (excludes halogenated alkanes) is 2. The fourth-order valence-electron chi connectivity index (χ4n) is 1.40. The molecule has 0 spiro atoms. The summed E-state index contributed by atoms with van der Waals surface area (Å²) in [7, 11) is 0. The van der Waals surface area contributed by atoms with Crippen LogP contribution in [0.4, 0.5) is 0 Å². The van der Waals surface area contributed by atoms with Crippen molar-refractivity contribution in [2.75, 3.05) is 6.61 Å². The van der Waals surface area contributed by atoms with Gasteiger partial charge in [-0.1, -0.05) is 52.7 Å². The molecule has 0 unspecified atom stereocenters. The van der Waals surface area contributed by atoms with Gasteiger partial charge < -0.3 is 4.74 Å². The monoisotopic (exact) mass is 222 g/mol. The summed E-state index contributed by atoms with van der Waals surface area (Å²) in [5.74, 6) is 1.01. The van der Waals surface area contributed by atoms with Crippen LogP contribution < -0.4 is 4.74 Å². The average Bonchev–Trinajstić information content (AvgIpc) is 2.37. The van der Waals surface area contributed by atoms with E-state index >= 15 is 0 Å². The summed E-state index contributed by atoms with van der Waals surface area (Å²) in [6, 6.07) is 8.37. The van der Waals surface area contributed by atoms with Gasteiger partial charge in [-0.2, -0.15) is 0 Å². The van der Waals surface area contributed by atoms with Crippen molar-refractivity contribution in [1.82, 2.24) is 0 Å². The van der Waals surface area contributed by atoms with E-state index in [4.69, 9.17) is 4.74 Å². The van der Waals surface area contributed by atoms with Crippen molar-refractivity contribution in [3.05, 3.63) is 29.8 Å². The molecule has 0 N–H and O–H groups in total. The van der Waals surface area contributed by atoms with Crippen LogP contribution in [0.2, 0.25) is 0 Å². The third-order valence-electron chi connectivity index (χ3n) is 2.32. The number of ether oxygens (including phenoxy) is 1. The Labute approximate surface area is 101 Å². The van der Waals surface area contributed by atoms with Gasteiger partial charge in [-0.05, 0) is 30.5 Å². The zero-order valence-corrected chi connectivity index (χ0v) is 11.3. The Bertz CT molecular complexity index is 255. The molecule has 0 fully saturated rings. The molecule has 1 heteroatoms. The van der Waals surface area contributed by atoms with Crippen molar-refractivity contribution < 1.29 is 4.74 Å². The zero-order chi connectivity index (χ0) is 12.2. The maximum absolute atomic E-state index is 5.65. The molecule has 0 aliphatic carbocycles. The summed E-state index contributed by atoms with van der Waals surface area (Å²) in [6.45, 7) is 9.22. The third kappa shape index (κ3) is 6.49. The lowest BCUT2D eigenvalue weighted by Crippen LogP contribution is -1.97. The first-order chi connectivity index (χ1) is 7.86. The van der Waals surface area contributed by atoms with Crippen LogP contribution in [0.1, 0.15) is 52.5 Å². The Kier molecular flexibility index (Phi) is 9.89. The van der Waals surface area contributed by atoms with Crippen LogP contribution in [0.15, 0.2) is 24.3 Å². The van der Waals surface area contributed by atoms with E-state index < -0.39 is 0 Å². The van der Waals surface area contributed by atoms with Gasteiger partial charge in [0.05, 0.1) is 6.61 Å². The van der Waals surface area contributed by atoms with Crippen molar-refractivity contribution in [3.8, 4) is 5.75 Å². The molecule has 0 aliphatic rings. The molecule has 1 rings (SSSR count). The van der Waals surface area contributed by atoms with Crippen LogP contribution in [0.3, 0.4) is 0 Å². The van der Waals surface area contributed by atoms with E-state index in [0.717, 1.165) is 25.2 Å². The highest BCUT2D eigenvalue weighted by atomic mass is 16.5. The molecule has 0 atom stereocenters. The Morgan fingerprint density at radius 1 is 1.06 bits per heavy atom. The van der Waals surface area contributed by atoms with Crippen LogP contribution >= 0.6 is 0 Å². The lowest BCUT2D eigenvalue weighted by Gasteiger charge is -2.06. The largest absolute Gasteiger partial charge is 0.494 e. The first-order valence-corrected chi connectivity index (χ1v) is 6.58. The molecule has 1 aromatic carbocycles. The molecular weight excluding hydrogens is 196 g/mol. The van der Waals surface area contributed by atoms with E-state index in [0.29, 0.717) is 0 Å². The minimum Gasteiger partial charge on any atom is -0.494 e. The second kappa shape index (κ2) is 10.5. The van der Waals surface area contributed by atoms with Gasteiger partial charge in [-0.3, -0.25) is 0 Å². The second-order valence-electron chi connectivity index (χ2n) is 3.56. The summed E-state index contributed by atoms with van der Waals surface area (Å²) in [4.78, 5) is 0. The van der Waals surface area contributed by atoms with Gasteiger partial charge >= 0.3 is 0 Å². The third-order valence-corrected chi connectivity index (χ3v) is 2.32. The number of hydrogen-bond acceptors (Lipinski definition) is 1. The highest BCUT2D eigenvalue weighted by Gasteiger charge is 1.94. The number of aryl methyl sites for hydroxylation is 1. The van der Waals surface area contributed by atoms with Crippen LogP contribution in [-0.4, -0.2) is 6.61 Å². The number of hydrogen-bond donors (Lipinski definition) is 0. The molecule has 92 valence electrons. The van der Waals surface area contributed by atoms with Crippen molar-refractivity contribution in [1.29, 1.82) is 0 Å². The SMILES string of the molecule is CC.CCCCCOc1cccc(CC)c1. The van der Waals surface area contributed by atoms with Crippen LogP contribution in [-0.2, 0) is 6.42 Å². The van der Waals surface area contributed by atoms with E-state index in [-0.39, 0.29) is 0 Å². The van der Waals surface area contributed by atoms with E-state index in [1.54, 1.807) is 0 Å². The van der Waals surface area contributed by atoms with Gasteiger partial charge in [0.1, 0.15) is 5.75 Å². The molecule has 0 saturated carbocycles. The maximum atomic E-state index is 5.65. The molecule has 0 heterocycles. The van der Waals surface area contributed by atoms with E-state index in [1.165, 1.54) is 18.4 Å². The van der Waals surface area contributed by atoms with Gasteiger partial charge in [0.15, 0.2) is 0 Å². The maximum Gasteiger partial charge on any atom is 0.119 e. The van der Waals surface area contributed by atoms with Gasteiger partial charge in [-0.25, -0.2) is 0 Å². The Hall–Kier alpha value is -0.980. The van der Waals surface area contributed by atoms with Gasteiger partial charge in [0.2, 0.25) is 0 Å². The number of benzene rings is 1. The average molecular weight is 222 g/mol. The smallest absolute Gasteiger partial charge is 0.119 e. The fourth-order valence-corrected chi connectivity index (χ4v) is 1.40. The highest BCUT2D eigenvalue weighted by molar-refractivity contribution is 5.28. The van der Waals surface area contributed by atoms with Crippen molar-refractivity contribution >= 4 is 0 Å². The Balaban J connectivity index is 0.00000106. The number of rotatable bonds is 6. The summed E-state index contributed by atoms with van der Waals surface area (Å²) < 4.78 is 5.65. The molecule has 1 aromatic rings. The normalized spacial score (nSPS) is 9.25. The Morgan fingerprint density at radius 3 is 2.44 bits per heavy atom. The second-order valence-corrected chi connectivity index (χ2v) is 3.56. The summed E-state index contributed by atoms with van der Waals surface area (Å²) in [5.41, 5.74) is 1.35.